The van der Waals surface area contributed by atoms with Gasteiger partial charge in [-0.3, -0.25) is 0 Å². The molecule has 0 aromatic heterocycles. The minimum atomic E-state index is -1.26. The molecule has 1 aliphatic rings. The maximum atomic E-state index is 9.55. The Bertz CT molecular complexity index is 960. The number of carbonyl (C=O) groups is 2. The summed E-state index contributed by atoms with van der Waals surface area (Å²) in [7, 11) is 1.99. The van der Waals surface area contributed by atoms with E-state index < -0.39 is 11.9 Å². The van der Waals surface area contributed by atoms with E-state index in [-0.39, 0.29) is 0 Å². The van der Waals surface area contributed by atoms with E-state index in [1.807, 2.05) is 7.05 Å². The van der Waals surface area contributed by atoms with Gasteiger partial charge in [-0.2, -0.15) is 0 Å². The number of fused-ring (bicyclic) bond motifs is 2. The van der Waals surface area contributed by atoms with Gasteiger partial charge < -0.3 is 15.5 Å². The smallest absolute Gasteiger partial charge is 0.328 e. The van der Waals surface area contributed by atoms with Crippen LogP contribution in [-0.4, -0.2) is 35.7 Å². The molecule has 0 spiro atoms. The summed E-state index contributed by atoms with van der Waals surface area (Å²) in [6.07, 6.45) is 6.69. The molecule has 6 heteroatoms. The van der Waals surface area contributed by atoms with Gasteiger partial charge in [-0.15, -0.1) is 0 Å². The number of hydrogen-bond donors (Lipinski definition) is 3. The van der Waals surface area contributed by atoms with Crippen LogP contribution in [0.5, 0.6) is 0 Å². The van der Waals surface area contributed by atoms with Crippen LogP contribution < -0.4 is 5.32 Å². The number of nitrogens with one attached hydrogen (secondary N) is 1. The van der Waals surface area contributed by atoms with Crippen molar-refractivity contribution in [2.45, 2.75) is 6.42 Å². The molecule has 0 bridgehead atoms. The molecule has 29 heavy (non-hydrogen) atoms. The fraction of sp³-hybridized carbons (Fsp3) is 0.130. The normalized spacial score (nSPS) is 13.6. The maximum absolute atomic E-state index is 9.55. The number of carboxylic acids is 2. The molecule has 0 unspecified atom stereocenters. The minimum absolute atomic E-state index is 0.558. The average Bonchev–Trinajstić information content (AvgIpc) is 2.82. The molecule has 0 amide bonds. The van der Waals surface area contributed by atoms with Gasteiger partial charge in [0, 0.05) is 16.6 Å². The SMILES string of the molecule is CNCC/C=C1\c2ccccc2C=C(Br)c2ccccc21.O=C(O)/C=C\C(=O)O. The van der Waals surface area contributed by atoms with Gasteiger partial charge in [-0.1, -0.05) is 70.5 Å². The van der Waals surface area contributed by atoms with E-state index in [0.717, 1.165) is 17.4 Å². The molecule has 2 aromatic carbocycles. The van der Waals surface area contributed by atoms with Crippen molar-refractivity contribution in [3.63, 3.8) is 0 Å². The van der Waals surface area contributed by atoms with Gasteiger partial charge in [0.1, 0.15) is 0 Å². The molecule has 0 aliphatic heterocycles. The van der Waals surface area contributed by atoms with Crippen LogP contribution in [-0.2, 0) is 9.59 Å². The van der Waals surface area contributed by atoms with Crippen LogP contribution in [0.1, 0.15) is 28.7 Å². The van der Waals surface area contributed by atoms with Crippen molar-refractivity contribution in [3.8, 4) is 0 Å². The van der Waals surface area contributed by atoms with E-state index in [1.165, 1.54) is 27.8 Å². The standard InChI is InChI=1S/C19H18BrN.C4H4O4/c1-21-12-6-11-16-15-8-3-2-7-14(15)13-19(20)18-10-5-4-9-17(16)18;5-3(6)1-2-4(7)8/h2-5,7-11,13,21H,6,12H2,1H3;1-2H,(H,5,6)(H,7,8)/b16-11+;2-1-. The summed E-state index contributed by atoms with van der Waals surface area (Å²) in [5, 5.41) is 18.8. The van der Waals surface area contributed by atoms with Crippen molar-refractivity contribution in [2.75, 3.05) is 13.6 Å². The highest BCUT2D eigenvalue weighted by Crippen LogP contribution is 2.39. The second-order valence-electron chi connectivity index (χ2n) is 6.14. The lowest BCUT2D eigenvalue weighted by Crippen LogP contribution is -2.06. The largest absolute Gasteiger partial charge is 0.478 e. The fourth-order valence-electron chi connectivity index (χ4n) is 2.88. The minimum Gasteiger partial charge on any atom is -0.478 e. The molecule has 5 nitrogen and oxygen atoms in total. The Morgan fingerprint density at radius 2 is 1.48 bits per heavy atom. The Morgan fingerprint density at radius 3 is 2.07 bits per heavy atom. The average molecular weight is 456 g/mol. The Kier molecular flexibility index (Phi) is 8.58. The quantitative estimate of drug-likeness (QED) is 0.451. The molecule has 3 rings (SSSR count). The van der Waals surface area contributed by atoms with Gasteiger partial charge in [0.25, 0.3) is 0 Å². The Morgan fingerprint density at radius 1 is 0.931 bits per heavy atom. The van der Waals surface area contributed by atoms with Gasteiger partial charge in [-0.05, 0) is 53.9 Å². The highest BCUT2D eigenvalue weighted by atomic mass is 79.9. The van der Waals surface area contributed by atoms with Crippen LogP contribution in [0.4, 0.5) is 0 Å². The van der Waals surface area contributed by atoms with Gasteiger partial charge in [0.15, 0.2) is 0 Å². The van der Waals surface area contributed by atoms with Crippen molar-refractivity contribution < 1.29 is 19.8 Å². The lowest BCUT2D eigenvalue weighted by molar-refractivity contribution is -0.134. The van der Waals surface area contributed by atoms with Crippen molar-refractivity contribution in [3.05, 3.63) is 89.0 Å². The first-order valence-corrected chi connectivity index (χ1v) is 9.78. The molecule has 0 saturated carbocycles. The van der Waals surface area contributed by atoms with E-state index in [2.05, 4.69) is 81.9 Å². The van der Waals surface area contributed by atoms with Crippen molar-refractivity contribution >= 4 is 44.0 Å². The van der Waals surface area contributed by atoms with Crippen LogP contribution in [0, 0.1) is 0 Å². The number of hydrogen-bond acceptors (Lipinski definition) is 3. The zero-order valence-electron chi connectivity index (χ0n) is 15.9. The molecule has 0 heterocycles. The summed E-state index contributed by atoms with van der Waals surface area (Å²) >= 11 is 3.74. The summed E-state index contributed by atoms with van der Waals surface area (Å²) in [6, 6.07) is 17.2. The summed E-state index contributed by atoms with van der Waals surface area (Å²) in [5.74, 6) is -2.51. The Labute approximate surface area is 178 Å². The summed E-state index contributed by atoms with van der Waals surface area (Å²) in [4.78, 5) is 19.1. The number of carboxylic acid groups (broad SMARTS) is 2. The zero-order chi connectivity index (χ0) is 21.2. The number of halogens is 1. The van der Waals surface area contributed by atoms with E-state index in [0.29, 0.717) is 12.2 Å². The third-order valence-electron chi connectivity index (χ3n) is 4.12. The Balaban J connectivity index is 0.000000321. The van der Waals surface area contributed by atoms with Gasteiger partial charge in [0.05, 0.1) is 0 Å². The molecule has 0 saturated heterocycles. The van der Waals surface area contributed by atoms with Gasteiger partial charge >= 0.3 is 11.9 Å². The third kappa shape index (κ3) is 6.55. The molecule has 3 N–H and O–H groups in total. The van der Waals surface area contributed by atoms with E-state index in [9.17, 15) is 9.59 Å². The van der Waals surface area contributed by atoms with Crippen molar-refractivity contribution in [1.82, 2.24) is 5.32 Å². The first-order valence-electron chi connectivity index (χ1n) is 8.99. The predicted octanol–water partition coefficient (Wildman–Crippen LogP) is 4.65. The van der Waals surface area contributed by atoms with Crippen molar-refractivity contribution in [1.29, 1.82) is 0 Å². The molecule has 2 aromatic rings. The van der Waals surface area contributed by atoms with E-state index >= 15 is 0 Å². The molecular formula is C23H22BrNO4. The first kappa shape index (κ1) is 22.3. The number of benzene rings is 2. The molecule has 1 aliphatic carbocycles. The van der Waals surface area contributed by atoms with Crippen LogP contribution in [0.3, 0.4) is 0 Å². The second-order valence-corrected chi connectivity index (χ2v) is 7.00. The summed E-state index contributed by atoms with van der Waals surface area (Å²) < 4.78 is 1.14. The van der Waals surface area contributed by atoms with Crippen LogP contribution in [0.2, 0.25) is 0 Å². The van der Waals surface area contributed by atoms with Gasteiger partial charge in [-0.25, -0.2) is 9.59 Å². The zero-order valence-corrected chi connectivity index (χ0v) is 17.5. The van der Waals surface area contributed by atoms with E-state index in [4.69, 9.17) is 10.2 Å². The topological polar surface area (TPSA) is 86.6 Å². The van der Waals surface area contributed by atoms with Crippen LogP contribution in [0.25, 0.3) is 16.1 Å². The lowest BCUT2D eigenvalue weighted by atomic mass is 9.93. The molecule has 0 radical (unpaired) electrons. The molecule has 0 fully saturated rings. The number of rotatable bonds is 5. The molecule has 150 valence electrons. The summed E-state index contributed by atoms with van der Waals surface area (Å²) in [5.41, 5.74) is 6.43. The van der Waals surface area contributed by atoms with Crippen LogP contribution in [0.15, 0.2) is 66.8 Å². The summed E-state index contributed by atoms with van der Waals surface area (Å²) in [6.45, 7) is 0.989. The Hall–Kier alpha value is -2.96. The number of aliphatic carboxylic acids is 2. The molecule has 0 atom stereocenters. The first-order chi connectivity index (χ1) is 13.9. The third-order valence-corrected chi connectivity index (χ3v) is 4.78. The van der Waals surface area contributed by atoms with Crippen molar-refractivity contribution in [2.24, 2.45) is 0 Å². The molecular weight excluding hydrogens is 434 g/mol. The highest BCUT2D eigenvalue weighted by Gasteiger charge is 2.17. The lowest BCUT2D eigenvalue weighted by Gasteiger charge is -2.12. The predicted molar refractivity (Wildman–Crippen MR) is 120 cm³/mol. The second kappa shape index (κ2) is 11.1. The van der Waals surface area contributed by atoms with Crippen LogP contribution >= 0.6 is 15.9 Å². The highest BCUT2D eigenvalue weighted by molar-refractivity contribution is 9.15. The van der Waals surface area contributed by atoms with Gasteiger partial charge in [0.2, 0.25) is 0 Å². The maximum Gasteiger partial charge on any atom is 0.328 e. The fourth-order valence-corrected chi connectivity index (χ4v) is 3.47. The van der Waals surface area contributed by atoms with E-state index in [1.54, 1.807) is 0 Å². The monoisotopic (exact) mass is 455 g/mol.